The third-order valence-corrected chi connectivity index (χ3v) is 5.41. The lowest BCUT2D eigenvalue weighted by Gasteiger charge is -2.28. The van der Waals surface area contributed by atoms with Crippen molar-refractivity contribution >= 4 is 17.5 Å². The summed E-state index contributed by atoms with van der Waals surface area (Å²) >= 11 is 0. The molecule has 162 valence electrons. The number of nitrogens with one attached hydrogen (secondary N) is 2. The van der Waals surface area contributed by atoms with E-state index in [4.69, 9.17) is 9.15 Å². The number of ether oxygens (including phenoxy) is 1. The van der Waals surface area contributed by atoms with Crippen molar-refractivity contribution in [3.63, 3.8) is 0 Å². The van der Waals surface area contributed by atoms with Crippen molar-refractivity contribution in [1.29, 1.82) is 0 Å². The summed E-state index contributed by atoms with van der Waals surface area (Å²) in [6, 6.07) is 9.55. The molecule has 2 N–H and O–H groups in total. The topological polar surface area (TPSA) is 83.8 Å². The predicted octanol–water partition coefficient (Wildman–Crippen LogP) is 3.52. The van der Waals surface area contributed by atoms with E-state index in [9.17, 15) is 9.59 Å². The number of hydrogen-bond acceptors (Lipinski definition) is 5. The highest BCUT2D eigenvalue weighted by molar-refractivity contribution is 5.94. The summed E-state index contributed by atoms with van der Waals surface area (Å²) in [7, 11) is 0. The van der Waals surface area contributed by atoms with Gasteiger partial charge in [-0.15, -0.1) is 0 Å². The van der Waals surface area contributed by atoms with E-state index in [1.165, 1.54) is 0 Å². The first-order chi connectivity index (χ1) is 14.6. The van der Waals surface area contributed by atoms with Gasteiger partial charge in [-0.25, -0.2) is 0 Å². The number of benzene rings is 1. The lowest BCUT2D eigenvalue weighted by Crippen LogP contribution is -2.37. The van der Waals surface area contributed by atoms with Gasteiger partial charge in [0.05, 0.1) is 18.9 Å². The van der Waals surface area contributed by atoms with Crippen LogP contribution in [0.25, 0.3) is 0 Å². The Morgan fingerprint density at radius 2 is 2.10 bits per heavy atom. The smallest absolute Gasteiger partial charge is 0.224 e. The van der Waals surface area contributed by atoms with Gasteiger partial charge in [-0.3, -0.25) is 14.5 Å². The highest BCUT2D eigenvalue weighted by atomic mass is 16.5. The zero-order valence-corrected chi connectivity index (χ0v) is 17.8. The van der Waals surface area contributed by atoms with E-state index in [0.717, 1.165) is 42.3 Å². The minimum atomic E-state index is 0.00969. The highest BCUT2D eigenvalue weighted by Crippen LogP contribution is 2.27. The molecule has 1 unspecified atom stereocenters. The Morgan fingerprint density at radius 1 is 1.27 bits per heavy atom. The van der Waals surface area contributed by atoms with Gasteiger partial charge in [-0.2, -0.15) is 0 Å². The second kappa shape index (κ2) is 10.8. The van der Waals surface area contributed by atoms with Crippen LogP contribution in [0.5, 0.6) is 5.75 Å². The maximum absolute atomic E-state index is 12.3. The van der Waals surface area contributed by atoms with Gasteiger partial charge in [0.1, 0.15) is 11.5 Å². The van der Waals surface area contributed by atoms with Crippen molar-refractivity contribution in [2.45, 2.75) is 45.6 Å². The van der Waals surface area contributed by atoms with E-state index in [2.05, 4.69) is 29.4 Å². The number of hydrogen-bond donors (Lipinski definition) is 2. The maximum Gasteiger partial charge on any atom is 0.224 e. The molecule has 30 heavy (non-hydrogen) atoms. The van der Waals surface area contributed by atoms with Crippen LogP contribution < -0.4 is 15.4 Å². The van der Waals surface area contributed by atoms with Crippen LogP contribution in [-0.2, 0) is 16.0 Å². The first-order valence-corrected chi connectivity index (χ1v) is 10.7. The molecule has 1 atom stereocenters. The number of fused-ring (bicyclic) bond motifs is 1. The number of aryl methyl sites for hydroxylation is 1. The Labute approximate surface area is 177 Å². The van der Waals surface area contributed by atoms with Crippen LogP contribution in [0.1, 0.15) is 50.5 Å². The molecule has 0 bridgehead atoms. The predicted molar refractivity (Wildman–Crippen MR) is 116 cm³/mol. The van der Waals surface area contributed by atoms with Crippen LogP contribution in [0.15, 0.2) is 41.0 Å². The fraction of sp³-hybridized carbons (Fsp3) is 0.478. The molecule has 7 nitrogen and oxygen atoms in total. The highest BCUT2D eigenvalue weighted by Gasteiger charge is 2.21. The molecular formula is C23H31N3O4. The van der Waals surface area contributed by atoms with Crippen molar-refractivity contribution < 1.29 is 18.7 Å². The van der Waals surface area contributed by atoms with Crippen LogP contribution in [0.3, 0.4) is 0 Å². The van der Waals surface area contributed by atoms with E-state index in [0.29, 0.717) is 32.4 Å². The molecule has 1 aliphatic heterocycles. The second-order valence-electron chi connectivity index (χ2n) is 7.38. The molecule has 1 aromatic heterocycles. The molecule has 0 saturated heterocycles. The van der Waals surface area contributed by atoms with Gasteiger partial charge < -0.3 is 19.8 Å². The number of carbonyl (C=O) groups is 2. The number of carbonyl (C=O) groups excluding carboxylic acids is 2. The molecule has 0 saturated carbocycles. The number of amides is 2. The largest absolute Gasteiger partial charge is 0.494 e. The average Bonchev–Trinajstić information content (AvgIpc) is 3.28. The molecule has 1 aromatic carbocycles. The fourth-order valence-corrected chi connectivity index (χ4v) is 3.73. The summed E-state index contributed by atoms with van der Waals surface area (Å²) in [6.45, 7) is 6.97. The zero-order chi connectivity index (χ0) is 21.3. The van der Waals surface area contributed by atoms with Crippen molar-refractivity contribution in [3.8, 4) is 5.75 Å². The van der Waals surface area contributed by atoms with Crippen LogP contribution >= 0.6 is 0 Å². The third kappa shape index (κ3) is 5.86. The molecule has 0 radical (unpaired) electrons. The van der Waals surface area contributed by atoms with Crippen molar-refractivity contribution in [2.75, 3.05) is 31.6 Å². The van der Waals surface area contributed by atoms with Crippen LogP contribution in [0.4, 0.5) is 5.69 Å². The Hall–Kier alpha value is -2.80. The molecular weight excluding hydrogens is 382 g/mol. The molecule has 7 heteroatoms. The minimum Gasteiger partial charge on any atom is -0.494 e. The summed E-state index contributed by atoms with van der Waals surface area (Å²) < 4.78 is 11.4. The summed E-state index contributed by atoms with van der Waals surface area (Å²) in [5, 5.41) is 5.89. The van der Waals surface area contributed by atoms with Crippen LogP contribution in [0, 0.1) is 0 Å². The lowest BCUT2D eigenvalue weighted by atomic mass is 10.0. The molecule has 0 fully saturated rings. The quantitative estimate of drug-likeness (QED) is 0.551. The Kier molecular flexibility index (Phi) is 7.90. The number of rotatable bonds is 11. The summed E-state index contributed by atoms with van der Waals surface area (Å²) in [6.07, 6.45) is 3.94. The first kappa shape index (κ1) is 21.9. The Morgan fingerprint density at radius 3 is 2.83 bits per heavy atom. The van der Waals surface area contributed by atoms with E-state index >= 15 is 0 Å². The minimum absolute atomic E-state index is 0.00969. The van der Waals surface area contributed by atoms with Crippen molar-refractivity contribution in [1.82, 2.24) is 10.2 Å². The van der Waals surface area contributed by atoms with Gasteiger partial charge in [0.15, 0.2) is 0 Å². The molecule has 2 heterocycles. The van der Waals surface area contributed by atoms with Crippen LogP contribution in [-0.4, -0.2) is 43.0 Å². The van der Waals surface area contributed by atoms with E-state index in [1.54, 1.807) is 6.26 Å². The summed E-state index contributed by atoms with van der Waals surface area (Å²) in [5.74, 6) is 1.70. The normalized spacial score (nSPS) is 14.2. The molecule has 0 spiro atoms. The SMILES string of the molecule is CCN(CC)C(CNC(=O)CCCOc1ccc2c(c1)CCC(=O)N2)c1ccco1. The van der Waals surface area contributed by atoms with Crippen LogP contribution in [0.2, 0.25) is 0 Å². The Bertz CT molecular complexity index is 831. The molecule has 0 aliphatic carbocycles. The van der Waals surface area contributed by atoms with Gasteiger partial charge >= 0.3 is 0 Å². The average molecular weight is 414 g/mol. The second-order valence-corrected chi connectivity index (χ2v) is 7.38. The fourth-order valence-electron chi connectivity index (χ4n) is 3.73. The third-order valence-electron chi connectivity index (χ3n) is 5.41. The van der Waals surface area contributed by atoms with Gasteiger partial charge in [0, 0.05) is 25.1 Å². The number of furan rings is 1. The van der Waals surface area contributed by atoms with Crippen molar-refractivity contribution in [2.24, 2.45) is 0 Å². The monoisotopic (exact) mass is 413 g/mol. The first-order valence-electron chi connectivity index (χ1n) is 10.7. The number of likely N-dealkylation sites (N-methyl/N-ethyl adjacent to an activating group) is 1. The molecule has 1 aliphatic rings. The van der Waals surface area contributed by atoms with E-state index in [1.807, 2.05) is 30.3 Å². The summed E-state index contributed by atoms with van der Waals surface area (Å²) in [4.78, 5) is 26.0. The van der Waals surface area contributed by atoms with E-state index in [-0.39, 0.29) is 17.9 Å². The van der Waals surface area contributed by atoms with Gasteiger partial charge in [-0.1, -0.05) is 13.8 Å². The van der Waals surface area contributed by atoms with Gasteiger partial charge in [-0.05, 0) is 61.8 Å². The number of anilines is 1. The van der Waals surface area contributed by atoms with Gasteiger partial charge in [0.2, 0.25) is 11.8 Å². The van der Waals surface area contributed by atoms with Crippen molar-refractivity contribution in [3.05, 3.63) is 47.9 Å². The standard InChI is InChI=1S/C23H31N3O4/c1-3-26(4-2)20(21-7-5-14-30-21)16-24-22(27)8-6-13-29-18-10-11-19-17(15-18)9-12-23(28)25-19/h5,7,10-11,14-15,20H,3-4,6,8-9,12-13,16H2,1-2H3,(H,24,27)(H,25,28). The van der Waals surface area contributed by atoms with Gasteiger partial charge in [0.25, 0.3) is 0 Å². The summed E-state index contributed by atoms with van der Waals surface area (Å²) in [5.41, 5.74) is 1.95. The molecule has 3 rings (SSSR count). The molecule has 2 amide bonds. The number of nitrogens with zero attached hydrogens (tertiary/aromatic N) is 1. The molecule has 2 aromatic rings. The maximum atomic E-state index is 12.3. The Balaban J connectivity index is 1.41. The zero-order valence-electron chi connectivity index (χ0n) is 17.8. The van der Waals surface area contributed by atoms with E-state index < -0.39 is 0 Å². The lowest BCUT2D eigenvalue weighted by molar-refractivity contribution is -0.121.